The lowest BCUT2D eigenvalue weighted by atomic mass is 9.45. The molecule has 0 radical (unpaired) electrons. The molecule has 1 N–H and O–H groups in total. The monoisotopic (exact) mass is 274 g/mol. The first-order valence-electron chi connectivity index (χ1n) is 8.58. The van der Waals surface area contributed by atoms with Crippen molar-refractivity contribution in [3.05, 3.63) is 11.6 Å². The summed E-state index contributed by atoms with van der Waals surface area (Å²) in [5, 5.41) is 9.19. The lowest BCUT2D eigenvalue weighted by Gasteiger charge is -2.60. The first kappa shape index (κ1) is 12.9. The van der Waals surface area contributed by atoms with Crippen LogP contribution in [0.3, 0.4) is 0 Å². The van der Waals surface area contributed by atoms with Gasteiger partial charge in [-0.25, -0.2) is 4.79 Å². The Morgan fingerprint density at radius 1 is 1.05 bits per heavy atom. The molecule has 0 aromatic rings. The van der Waals surface area contributed by atoms with Gasteiger partial charge < -0.3 is 5.11 Å². The van der Waals surface area contributed by atoms with Crippen LogP contribution in [0.1, 0.15) is 64.2 Å². The summed E-state index contributed by atoms with van der Waals surface area (Å²) in [6.45, 7) is 0. The molecule has 0 saturated heterocycles. The molecular weight excluding hydrogens is 248 g/mol. The van der Waals surface area contributed by atoms with E-state index in [9.17, 15) is 9.90 Å². The van der Waals surface area contributed by atoms with E-state index in [1.54, 1.807) is 6.08 Å². The van der Waals surface area contributed by atoms with Gasteiger partial charge in [0.1, 0.15) is 0 Å². The van der Waals surface area contributed by atoms with Crippen molar-refractivity contribution in [3.63, 3.8) is 0 Å². The number of aliphatic carboxylic acids is 1. The summed E-state index contributed by atoms with van der Waals surface area (Å²) >= 11 is 0. The van der Waals surface area contributed by atoms with Gasteiger partial charge in [-0.2, -0.15) is 0 Å². The Balaban J connectivity index is 1.66. The van der Waals surface area contributed by atoms with Crippen molar-refractivity contribution >= 4 is 5.97 Å². The molecule has 0 amide bonds. The van der Waals surface area contributed by atoms with Crippen LogP contribution in [0, 0.1) is 29.1 Å². The van der Waals surface area contributed by atoms with Gasteiger partial charge in [0, 0.05) is 6.08 Å². The summed E-state index contributed by atoms with van der Waals surface area (Å²) in [4.78, 5) is 11.2. The minimum Gasteiger partial charge on any atom is -0.478 e. The summed E-state index contributed by atoms with van der Waals surface area (Å²) in [5.41, 5.74) is 1.78. The van der Waals surface area contributed by atoms with Gasteiger partial charge in [0.15, 0.2) is 0 Å². The lowest BCUT2D eigenvalue weighted by molar-refractivity contribution is -0.131. The SMILES string of the molecule is O=C(O)/C=C1\CCCCC1C12CC3CC(CC(C3)C1)C2. The molecule has 4 bridgehead atoms. The Bertz CT molecular complexity index is 413. The summed E-state index contributed by atoms with van der Waals surface area (Å²) in [6.07, 6.45) is 15.0. The summed E-state index contributed by atoms with van der Waals surface area (Å²) in [6, 6.07) is 0. The normalized spacial score (nSPS) is 48.7. The molecule has 5 rings (SSSR count). The highest BCUT2D eigenvalue weighted by atomic mass is 16.4. The zero-order valence-corrected chi connectivity index (χ0v) is 12.3. The summed E-state index contributed by atoms with van der Waals surface area (Å²) in [5.74, 6) is 2.77. The highest BCUT2D eigenvalue weighted by Crippen LogP contribution is 2.65. The largest absolute Gasteiger partial charge is 0.478 e. The van der Waals surface area contributed by atoms with E-state index in [2.05, 4.69) is 0 Å². The molecule has 1 unspecified atom stereocenters. The van der Waals surface area contributed by atoms with Crippen molar-refractivity contribution in [2.45, 2.75) is 64.2 Å². The van der Waals surface area contributed by atoms with E-state index in [1.807, 2.05) is 0 Å². The predicted octanol–water partition coefficient (Wildman–Crippen LogP) is 4.40. The molecule has 0 heterocycles. The zero-order valence-electron chi connectivity index (χ0n) is 12.3. The van der Waals surface area contributed by atoms with Crippen LogP contribution in [0.5, 0.6) is 0 Å². The maximum atomic E-state index is 11.2. The third-order valence-corrected chi connectivity index (χ3v) is 6.79. The molecule has 5 aliphatic rings. The molecule has 0 aromatic carbocycles. The van der Waals surface area contributed by atoms with E-state index in [0.717, 1.165) is 24.2 Å². The molecule has 2 nitrogen and oxygen atoms in total. The topological polar surface area (TPSA) is 37.3 Å². The third-order valence-electron chi connectivity index (χ3n) is 6.79. The maximum absolute atomic E-state index is 11.2. The molecule has 20 heavy (non-hydrogen) atoms. The van der Waals surface area contributed by atoms with Gasteiger partial charge in [-0.05, 0) is 86.9 Å². The second-order valence-corrected chi connectivity index (χ2v) is 8.14. The van der Waals surface area contributed by atoms with Gasteiger partial charge >= 0.3 is 5.97 Å². The molecule has 0 spiro atoms. The fraction of sp³-hybridized carbons (Fsp3) is 0.833. The quantitative estimate of drug-likeness (QED) is 0.758. The van der Waals surface area contributed by atoms with E-state index in [0.29, 0.717) is 11.3 Å². The van der Waals surface area contributed by atoms with Crippen LogP contribution in [-0.4, -0.2) is 11.1 Å². The number of carboxylic acid groups (broad SMARTS) is 1. The molecular formula is C18H26O2. The first-order chi connectivity index (χ1) is 9.64. The highest BCUT2D eigenvalue weighted by molar-refractivity contribution is 5.80. The van der Waals surface area contributed by atoms with E-state index in [1.165, 1.54) is 63.4 Å². The van der Waals surface area contributed by atoms with Crippen LogP contribution in [0.25, 0.3) is 0 Å². The van der Waals surface area contributed by atoms with E-state index in [-0.39, 0.29) is 0 Å². The molecule has 0 aromatic heterocycles. The first-order valence-corrected chi connectivity index (χ1v) is 8.58. The van der Waals surface area contributed by atoms with Crippen molar-refractivity contribution in [2.75, 3.05) is 0 Å². The number of rotatable bonds is 2. The van der Waals surface area contributed by atoms with Gasteiger partial charge in [-0.3, -0.25) is 0 Å². The van der Waals surface area contributed by atoms with Gasteiger partial charge in [-0.15, -0.1) is 0 Å². The van der Waals surface area contributed by atoms with Gasteiger partial charge in [0.2, 0.25) is 0 Å². The molecule has 5 fully saturated rings. The van der Waals surface area contributed by atoms with Crippen LogP contribution >= 0.6 is 0 Å². The predicted molar refractivity (Wildman–Crippen MR) is 78.3 cm³/mol. The molecule has 1 atom stereocenters. The minimum atomic E-state index is -0.725. The van der Waals surface area contributed by atoms with Crippen molar-refractivity contribution in [1.29, 1.82) is 0 Å². The molecule has 5 saturated carbocycles. The van der Waals surface area contributed by atoms with Crippen molar-refractivity contribution in [1.82, 2.24) is 0 Å². The minimum absolute atomic E-state index is 0.496. The molecule has 0 aliphatic heterocycles. The van der Waals surface area contributed by atoms with Crippen LogP contribution in [0.15, 0.2) is 11.6 Å². The number of carbonyl (C=O) groups is 1. The van der Waals surface area contributed by atoms with Crippen LogP contribution in [0.2, 0.25) is 0 Å². The summed E-state index contributed by atoms with van der Waals surface area (Å²) in [7, 11) is 0. The van der Waals surface area contributed by atoms with E-state index in [4.69, 9.17) is 0 Å². The zero-order chi connectivity index (χ0) is 13.7. The Hall–Kier alpha value is -0.790. The van der Waals surface area contributed by atoms with Gasteiger partial charge in [0.05, 0.1) is 0 Å². The highest BCUT2D eigenvalue weighted by Gasteiger charge is 2.54. The average Bonchev–Trinajstić information content (AvgIpc) is 2.36. The van der Waals surface area contributed by atoms with Crippen LogP contribution < -0.4 is 0 Å². The van der Waals surface area contributed by atoms with Crippen LogP contribution in [-0.2, 0) is 4.79 Å². The van der Waals surface area contributed by atoms with Crippen LogP contribution in [0.4, 0.5) is 0 Å². The second kappa shape index (κ2) is 4.61. The lowest BCUT2D eigenvalue weighted by Crippen LogP contribution is -2.50. The second-order valence-electron chi connectivity index (χ2n) is 8.14. The van der Waals surface area contributed by atoms with Crippen molar-refractivity contribution in [3.8, 4) is 0 Å². The Labute approximate surface area is 121 Å². The Kier molecular flexibility index (Phi) is 2.98. The number of carboxylic acids is 1. The Morgan fingerprint density at radius 2 is 1.65 bits per heavy atom. The number of hydrogen-bond acceptors (Lipinski definition) is 1. The number of allylic oxidation sites excluding steroid dienone is 1. The van der Waals surface area contributed by atoms with Gasteiger partial charge in [0.25, 0.3) is 0 Å². The maximum Gasteiger partial charge on any atom is 0.328 e. The fourth-order valence-electron chi connectivity index (χ4n) is 6.67. The number of hydrogen-bond donors (Lipinski definition) is 1. The molecule has 2 heteroatoms. The standard InChI is InChI=1S/C18H26O2/c19-17(20)8-15-3-1-2-4-16(15)18-9-12-5-13(10-18)7-14(6-12)11-18/h8,12-14,16H,1-7,9-11H2,(H,19,20)/b15-8+. The smallest absolute Gasteiger partial charge is 0.328 e. The van der Waals surface area contributed by atoms with Crippen molar-refractivity contribution < 1.29 is 9.90 Å². The summed E-state index contributed by atoms with van der Waals surface area (Å²) < 4.78 is 0. The van der Waals surface area contributed by atoms with Gasteiger partial charge in [-0.1, -0.05) is 12.0 Å². The van der Waals surface area contributed by atoms with E-state index >= 15 is 0 Å². The Morgan fingerprint density at radius 3 is 2.20 bits per heavy atom. The van der Waals surface area contributed by atoms with E-state index < -0.39 is 5.97 Å². The van der Waals surface area contributed by atoms with Crippen molar-refractivity contribution in [2.24, 2.45) is 29.1 Å². The third kappa shape index (κ3) is 2.03. The molecule has 5 aliphatic carbocycles. The molecule has 110 valence electrons. The fourth-order valence-corrected chi connectivity index (χ4v) is 6.67. The average molecular weight is 274 g/mol.